The van der Waals surface area contributed by atoms with Gasteiger partial charge in [0, 0.05) is 10.6 Å². The van der Waals surface area contributed by atoms with E-state index in [4.69, 9.17) is 5.11 Å². The van der Waals surface area contributed by atoms with Crippen LogP contribution in [0.15, 0.2) is 29.2 Å². The lowest BCUT2D eigenvalue weighted by atomic mass is 10.0. The lowest BCUT2D eigenvalue weighted by Gasteiger charge is -2.09. The molecule has 1 unspecified atom stereocenters. The van der Waals surface area contributed by atoms with Crippen LogP contribution < -0.4 is 0 Å². The summed E-state index contributed by atoms with van der Waals surface area (Å²) < 4.78 is 1.36. The number of carboxylic acid groups (broad SMARTS) is 1. The summed E-state index contributed by atoms with van der Waals surface area (Å²) in [5.41, 5.74) is 1.17. The van der Waals surface area contributed by atoms with Crippen LogP contribution in [0.1, 0.15) is 17.3 Å². The van der Waals surface area contributed by atoms with Gasteiger partial charge in [-0.3, -0.25) is 4.79 Å². The zero-order chi connectivity index (χ0) is 12.5. The number of rotatable bonds is 3. The third kappa shape index (κ3) is 1.86. The van der Waals surface area contributed by atoms with Gasteiger partial charge < -0.3 is 5.11 Å². The molecule has 1 aliphatic heterocycles. The highest BCUT2D eigenvalue weighted by Gasteiger charge is 2.29. The third-order valence-corrected chi connectivity index (χ3v) is 4.04. The van der Waals surface area contributed by atoms with Crippen LogP contribution in [0.3, 0.4) is 0 Å². The van der Waals surface area contributed by atoms with Gasteiger partial charge in [-0.1, -0.05) is 18.2 Å². The molecule has 0 radical (unpaired) electrons. The molecule has 2 aromatic rings. The summed E-state index contributed by atoms with van der Waals surface area (Å²) >= 11 is 1.75. The molecule has 2 heterocycles. The van der Waals surface area contributed by atoms with Gasteiger partial charge in [0.05, 0.1) is 5.92 Å². The molecule has 7 heteroatoms. The second-order valence-electron chi connectivity index (χ2n) is 3.99. The Balaban J connectivity index is 1.98. The van der Waals surface area contributed by atoms with Gasteiger partial charge in [0.1, 0.15) is 6.54 Å². The van der Waals surface area contributed by atoms with Crippen LogP contribution in [-0.2, 0) is 11.3 Å². The van der Waals surface area contributed by atoms with Crippen molar-refractivity contribution in [3.63, 3.8) is 0 Å². The summed E-state index contributed by atoms with van der Waals surface area (Å²) in [6, 6.07) is 8.07. The van der Waals surface area contributed by atoms with Crippen LogP contribution in [0, 0.1) is 0 Å². The SMILES string of the molecule is O=C(O)Cn1nnnc1C1CSc2ccccc21. The molecule has 0 saturated carbocycles. The highest BCUT2D eigenvalue weighted by atomic mass is 32.2. The van der Waals surface area contributed by atoms with Crippen LogP contribution >= 0.6 is 11.8 Å². The van der Waals surface area contributed by atoms with Crippen LogP contribution in [-0.4, -0.2) is 37.0 Å². The van der Waals surface area contributed by atoms with Crippen molar-refractivity contribution in [1.82, 2.24) is 20.2 Å². The van der Waals surface area contributed by atoms with Gasteiger partial charge in [-0.2, -0.15) is 0 Å². The number of benzene rings is 1. The average molecular weight is 262 g/mol. The molecule has 0 bridgehead atoms. The standard InChI is InChI=1S/C11H10N4O2S/c16-10(17)5-15-11(12-13-14-15)8-6-18-9-4-2-1-3-7(8)9/h1-4,8H,5-6H2,(H,16,17). The van der Waals surface area contributed by atoms with Gasteiger partial charge in [0.25, 0.3) is 0 Å². The molecule has 0 fully saturated rings. The Morgan fingerprint density at radius 1 is 1.50 bits per heavy atom. The Morgan fingerprint density at radius 2 is 2.33 bits per heavy atom. The molecule has 1 N–H and O–H groups in total. The molecule has 0 spiro atoms. The van der Waals surface area contributed by atoms with Crippen LogP contribution in [0.2, 0.25) is 0 Å². The van der Waals surface area contributed by atoms with E-state index in [0.717, 1.165) is 5.75 Å². The highest BCUT2D eigenvalue weighted by Crippen LogP contribution is 2.41. The first-order valence-electron chi connectivity index (χ1n) is 5.45. The minimum Gasteiger partial charge on any atom is -0.480 e. The van der Waals surface area contributed by atoms with Crippen molar-refractivity contribution in [3.05, 3.63) is 35.7 Å². The number of carbonyl (C=O) groups is 1. The fourth-order valence-electron chi connectivity index (χ4n) is 2.08. The first-order valence-corrected chi connectivity index (χ1v) is 6.44. The largest absolute Gasteiger partial charge is 0.480 e. The summed E-state index contributed by atoms with van der Waals surface area (Å²) in [6.45, 7) is -0.203. The van der Waals surface area contributed by atoms with Crippen molar-refractivity contribution in [2.24, 2.45) is 0 Å². The molecule has 0 aliphatic carbocycles. The smallest absolute Gasteiger partial charge is 0.325 e. The normalized spacial score (nSPS) is 17.7. The number of nitrogens with zero attached hydrogens (tertiary/aromatic N) is 4. The molecular formula is C11H10N4O2S. The molecule has 18 heavy (non-hydrogen) atoms. The minimum absolute atomic E-state index is 0.0700. The van der Waals surface area contributed by atoms with E-state index in [1.165, 1.54) is 15.1 Å². The number of hydrogen-bond acceptors (Lipinski definition) is 5. The maximum absolute atomic E-state index is 10.8. The van der Waals surface area contributed by atoms with Gasteiger partial charge in [0.15, 0.2) is 5.82 Å². The fraction of sp³-hybridized carbons (Fsp3) is 0.273. The molecule has 92 valence electrons. The summed E-state index contributed by atoms with van der Waals surface area (Å²) in [6.07, 6.45) is 0. The van der Waals surface area contributed by atoms with Gasteiger partial charge in [-0.15, -0.1) is 16.9 Å². The van der Waals surface area contributed by atoms with E-state index in [1.54, 1.807) is 11.8 Å². The second-order valence-corrected chi connectivity index (χ2v) is 5.05. The Morgan fingerprint density at radius 3 is 3.17 bits per heavy atom. The first kappa shape index (κ1) is 11.2. The fourth-order valence-corrected chi connectivity index (χ4v) is 3.30. The summed E-state index contributed by atoms with van der Waals surface area (Å²) in [5.74, 6) is 0.595. The minimum atomic E-state index is -0.942. The molecule has 0 saturated heterocycles. The number of carboxylic acids is 1. The third-order valence-electron chi connectivity index (χ3n) is 2.86. The zero-order valence-corrected chi connectivity index (χ0v) is 10.2. The van der Waals surface area contributed by atoms with Crippen molar-refractivity contribution in [2.45, 2.75) is 17.4 Å². The molecule has 1 aromatic heterocycles. The summed E-state index contributed by atoms with van der Waals surface area (Å²) in [5, 5.41) is 20.1. The Labute approximate surface area is 107 Å². The molecule has 1 aliphatic rings. The van der Waals surface area contributed by atoms with E-state index in [2.05, 4.69) is 21.6 Å². The topological polar surface area (TPSA) is 80.9 Å². The van der Waals surface area contributed by atoms with Crippen molar-refractivity contribution in [1.29, 1.82) is 0 Å². The molecule has 1 aromatic carbocycles. The Kier molecular flexibility index (Phi) is 2.75. The number of tetrazole rings is 1. The number of hydrogen-bond donors (Lipinski definition) is 1. The van der Waals surface area contributed by atoms with Crippen LogP contribution in [0.4, 0.5) is 0 Å². The highest BCUT2D eigenvalue weighted by molar-refractivity contribution is 7.99. The maximum Gasteiger partial charge on any atom is 0.325 e. The van der Waals surface area contributed by atoms with E-state index in [1.807, 2.05) is 18.2 Å². The number of aliphatic carboxylic acids is 1. The van der Waals surface area contributed by atoms with Crippen LogP contribution in [0.5, 0.6) is 0 Å². The van der Waals surface area contributed by atoms with E-state index in [9.17, 15) is 4.79 Å². The lowest BCUT2D eigenvalue weighted by molar-refractivity contribution is -0.138. The van der Waals surface area contributed by atoms with E-state index >= 15 is 0 Å². The number of thioether (sulfide) groups is 1. The summed E-state index contributed by atoms with van der Waals surface area (Å²) in [7, 11) is 0. The predicted molar refractivity (Wildman–Crippen MR) is 64.5 cm³/mol. The lowest BCUT2D eigenvalue weighted by Crippen LogP contribution is -2.16. The van der Waals surface area contributed by atoms with E-state index < -0.39 is 5.97 Å². The number of aromatic nitrogens is 4. The van der Waals surface area contributed by atoms with Gasteiger partial charge in [0.2, 0.25) is 0 Å². The van der Waals surface area contributed by atoms with Crippen molar-refractivity contribution in [3.8, 4) is 0 Å². The average Bonchev–Trinajstić information content (AvgIpc) is 2.94. The van der Waals surface area contributed by atoms with Crippen LogP contribution in [0.25, 0.3) is 0 Å². The van der Waals surface area contributed by atoms with E-state index in [0.29, 0.717) is 5.82 Å². The molecular weight excluding hydrogens is 252 g/mol. The maximum atomic E-state index is 10.8. The van der Waals surface area contributed by atoms with Crippen molar-refractivity contribution >= 4 is 17.7 Å². The van der Waals surface area contributed by atoms with E-state index in [-0.39, 0.29) is 12.5 Å². The predicted octanol–water partition coefficient (Wildman–Crippen LogP) is 0.995. The Bertz CT molecular complexity index is 598. The van der Waals surface area contributed by atoms with Gasteiger partial charge in [-0.05, 0) is 22.1 Å². The molecule has 3 rings (SSSR count). The second kappa shape index (κ2) is 4.41. The first-order chi connectivity index (χ1) is 8.75. The number of fused-ring (bicyclic) bond motifs is 1. The molecule has 1 atom stereocenters. The molecule has 6 nitrogen and oxygen atoms in total. The summed E-state index contributed by atoms with van der Waals surface area (Å²) in [4.78, 5) is 12.0. The zero-order valence-electron chi connectivity index (χ0n) is 9.35. The van der Waals surface area contributed by atoms with Crippen molar-refractivity contribution < 1.29 is 9.90 Å². The Hall–Kier alpha value is -1.89. The van der Waals surface area contributed by atoms with Crippen molar-refractivity contribution in [2.75, 3.05) is 5.75 Å². The quantitative estimate of drug-likeness (QED) is 0.888. The van der Waals surface area contributed by atoms with Gasteiger partial charge in [-0.25, -0.2) is 4.68 Å². The van der Waals surface area contributed by atoms with Gasteiger partial charge >= 0.3 is 5.97 Å². The monoisotopic (exact) mass is 262 g/mol. The molecule has 0 amide bonds.